The number of halogens is 2. The number of nitrogens with one attached hydrogen (secondary N) is 1. The van der Waals surface area contributed by atoms with E-state index in [9.17, 15) is 13.6 Å². The van der Waals surface area contributed by atoms with Gasteiger partial charge in [-0.25, -0.2) is 4.98 Å². The first kappa shape index (κ1) is 27.9. The van der Waals surface area contributed by atoms with Gasteiger partial charge in [-0.2, -0.15) is 8.78 Å². The average molecular weight is 554 g/mol. The van der Waals surface area contributed by atoms with Crippen LogP contribution in [-0.2, 0) is 15.4 Å². The number of ether oxygens (including phenoxy) is 3. The maximum absolute atomic E-state index is 14.0. The first-order chi connectivity index (χ1) is 19.3. The van der Waals surface area contributed by atoms with E-state index in [1.54, 1.807) is 12.3 Å². The predicted molar refractivity (Wildman–Crippen MR) is 147 cm³/mol. The van der Waals surface area contributed by atoms with Crippen LogP contribution >= 0.6 is 0 Å². The van der Waals surface area contributed by atoms with Crippen molar-refractivity contribution < 1.29 is 32.9 Å². The van der Waals surface area contributed by atoms with Gasteiger partial charge in [0.1, 0.15) is 18.4 Å². The molecule has 0 bridgehead atoms. The Kier molecular flexibility index (Phi) is 8.58. The number of aliphatic hydroxyl groups excluding tert-OH is 1. The second kappa shape index (κ2) is 12.3. The number of rotatable bonds is 8. The Labute approximate surface area is 231 Å². The van der Waals surface area contributed by atoms with Gasteiger partial charge in [-0.1, -0.05) is 18.2 Å². The number of hydrogen-bond donors (Lipinski definition) is 2. The number of amides is 1. The molecule has 0 radical (unpaired) electrons. The SMILES string of the molecule is Cc1ccc(NC(=O)c2cccc(C(F)(F)CO)c2)cc1-c1cnc(OC2CCOCC2)c(N2CCOCC2)c1. The largest absolute Gasteiger partial charge is 0.473 e. The van der Waals surface area contributed by atoms with E-state index >= 15 is 0 Å². The molecule has 1 amide bonds. The fourth-order valence-corrected chi connectivity index (χ4v) is 4.85. The van der Waals surface area contributed by atoms with Gasteiger partial charge in [-0.05, 0) is 48.4 Å². The van der Waals surface area contributed by atoms with Crippen molar-refractivity contribution in [3.05, 3.63) is 71.4 Å². The molecular formula is C30H33F2N3O5. The fourth-order valence-electron chi connectivity index (χ4n) is 4.85. The standard InChI is InChI=1S/C30H33F2N3O5/c1-20-5-6-24(34-28(37)21-3-2-4-23(15-21)30(31,32)19-36)17-26(20)22-16-27(35-9-13-39-14-10-35)29(33-18-22)40-25-7-11-38-12-8-25/h2-6,15-18,25,36H,7-14,19H2,1H3,(H,34,37). The highest BCUT2D eigenvalue weighted by molar-refractivity contribution is 6.04. The Morgan fingerprint density at radius 3 is 2.60 bits per heavy atom. The minimum Gasteiger partial charge on any atom is -0.473 e. The van der Waals surface area contributed by atoms with Crippen LogP contribution in [0.25, 0.3) is 11.1 Å². The van der Waals surface area contributed by atoms with Crippen LogP contribution in [0.3, 0.4) is 0 Å². The van der Waals surface area contributed by atoms with Crippen LogP contribution in [0.1, 0.15) is 34.3 Å². The van der Waals surface area contributed by atoms with Gasteiger partial charge >= 0.3 is 0 Å². The highest BCUT2D eigenvalue weighted by Gasteiger charge is 2.31. The molecule has 3 heterocycles. The molecule has 2 aromatic carbocycles. The molecule has 0 saturated carbocycles. The number of pyridine rings is 1. The zero-order valence-electron chi connectivity index (χ0n) is 22.4. The van der Waals surface area contributed by atoms with Crippen molar-refractivity contribution in [1.29, 1.82) is 0 Å². The van der Waals surface area contributed by atoms with Crippen LogP contribution in [0, 0.1) is 6.92 Å². The maximum Gasteiger partial charge on any atom is 0.295 e. The number of hydrogen-bond acceptors (Lipinski definition) is 7. The summed E-state index contributed by atoms with van der Waals surface area (Å²) in [5.74, 6) is -3.38. The first-order valence-electron chi connectivity index (χ1n) is 13.4. The van der Waals surface area contributed by atoms with Crippen LogP contribution in [-0.4, -0.2) is 68.2 Å². The van der Waals surface area contributed by atoms with Crippen molar-refractivity contribution in [2.45, 2.75) is 31.8 Å². The average Bonchev–Trinajstić information content (AvgIpc) is 2.99. The van der Waals surface area contributed by atoms with E-state index in [4.69, 9.17) is 24.3 Å². The molecule has 2 N–H and O–H groups in total. The molecule has 2 saturated heterocycles. The second-order valence-electron chi connectivity index (χ2n) is 10.0. The van der Waals surface area contributed by atoms with Crippen molar-refractivity contribution >= 4 is 17.3 Å². The fraction of sp³-hybridized carbons (Fsp3) is 0.400. The van der Waals surface area contributed by atoms with Crippen LogP contribution in [0.15, 0.2) is 54.7 Å². The van der Waals surface area contributed by atoms with Crippen molar-refractivity contribution in [3.8, 4) is 17.0 Å². The number of aromatic nitrogens is 1. The van der Waals surface area contributed by atoms with E-state index in [1.165, 1.54) is 18.2 Å². The number of nitrogens with zero attached hydrogens (tertiary/aromatic N) is 2. The molecule has 0 spiro atoms. The Morgan fingerprint density at radius 1 is 1.10 bits per heavy atom. The lowest BCUT2D eigenvalue weighted by Gasteiger charge is -2.31. The lowest BCUT2D eigenvalue weighted by Crippen LogP contribution is -2.37. The summed E-state index contributed by atoms with van der Waals surface area (Å²) < 4.78 is 45.3. The summed E-state index contributed by atoms with van der Waals surface area (Å²) in [4.78, 5) is 19.9. The van der Waals surface area contributed by atoms with Gasteiger partial charge < -0.3 is 29.5 Å². The second-order valence-corrected chi connectivity index (χ2v) is 10.0. The summed E-state index contributed by atoms with van der Waals surface area (Å²) in [6.07, 6.45) is 3.44. The molecule has 212 valence electrons. The number of aliphatic hydroxyl groups is 1. The smallest absolute Gasteiger partial charge is 0.295 e. The number of alkyl halides is 2. The maximum atomic E-state index is 14.0. The molecule has 3 aromatic rings. The lowest BCUT2D eigenvalue weighted by molar-refractivity contribution is -0.0556. The van der Waals surface area contributed by atoms with Gasteiger partial charge in [-0.15, -0.1) is 0 Å². The molecule has 40 heavy (non-hydrogen) atoms. The molecule has 0 atom stereocenters. The van der Waals surface area contributed by atoms with Crippen molar-refractivity contribution in [2.24, 2.45) is 0 Å². The Hall–Kier alpha value is -3.60. The summed E-state index contributed by atoms with van der Waals surface area (Å²) in [6.45, 7) is 4.65. The van der Waals surface area contributed by atoms with Gasteiger partial charge in [0.2, 0.25) is 5.88 Å². The van der Waals surface area contributed by atoms with Gasteiger partial charge in [0.15, 0.2) is 0 Å². The lowest BCUT2D eigenvalue weighted by atomic mass is 10.0. The van der Waals surface area contributed by atoms with E-state index in [-0.39, 0.29) is 11.7 Å². The van der Waals surface area contributed by atoms with E-state index in [0.29, 0.717) is 38.0 Å². The minimum atomic E-state index is -3.43. The van der Waals surface area contributed by atoms with E-state index in [0.717, 1.165) is 54.4 Å². The molecule has 1 aromatic heterocycles. The van der Waals surface area contributed by atoms with E-state index < -0.39 is 24.0 Å². The number of carbonyl (C=O) groups excluding carboxylic acids is 1. The van der Waals surface area contributed by atoms with Crippen molar-refractivity contribution in [3.63, 3.8) is 0 Å². The highest BCUT2D eigenvalue weighted by Crippen LogP contribution is 2.35. The number of benzene rings is 2. The number of morpholine rings is 1. The summed E-state index contributed by atoms with van der Waals surface area (Å²) in [7, 11) is 0. The molecule has 5 rings (SSSR count). The first-order valence-corrected chi connectivity index (χ1v) is 13.4. The van der Waals surface area contributed by atoms with Crippen molar-refractivity contribution in [2.75, 3.05) is 56.3 Å². The summed E-state index contributed by atoms with van der Waals surface area (Å²) in [6, 6.07) is 12.7. The van der Waals surface area contributed by atoms with Crippen LogP contribution in [0.5, 0.6) is 5.88 Å². The van der Waals surface area contributed by atoms with Crippen molar-refractivity contribution in [1.82, 2.24) is 4.98 Å². The number of carbonyl (C=O) groups is 1. The van der Waals surface area contributed by atoms with Crippen LogP contribution < -0.4 is 15.0 Å². The summed E-state index contributed by atoms with van der Waals surface area (Å²) in [5.41, 5.74) is 3.77. The molecule has 0 unspecified atom stereocenters. The quantitative estimate of drug-likeness (QED) is 0.415. The number of anilines is 2. The van der Waals surface area contributed by atoms with Crippen LogP contribution in [0.4, 0.5) is 20.2 Å². The third-order valence-electron chi connectivity index (χ3n) is 7.18. The van der Waals surface area contributed by atoms with Crippen LogP contribution in [0.2, 0.25) is 0 Å². The normalized spacial score (nSPS) is 16.6. The predicted octanol–water partition coefficient (Wildman–Crippen LogP) is 4.79. The summed E-state index contributed by atoms with van der Waals surface area (Å²) in [5, 5.41) is 11.8. The summed E-state index contributed by atoms with van der Waals surface area (Å²) >= 11 is 0. The third-order valence-corrected chi connectivity index (χ3v) is 7.18. The molecular weight excluding hydrogens is 520 g/mol. The Bertz CT molecular complexity index is 1340. The molecule has 2 fully saturated rings. The van der Waals surface area contributed by atoms with E-state index in [2.05, 4.69) is 16.3 Å². The zero-order valence-corrected chi connectivity index (χ0v) is 22.4. The van der Waals surface area contributed by atoms with Gasteiger partial charge in [-0.3, -0.25) is 4.79 Å². The third kappa shape index (κ3) is 6.41. The topological polar surface area (TPSA) is 93.2 Å². The molecule has 8 nitrogen and oxygen atoms in total. The van der Waals surface area contributed by atoms with Gasteiger partial charge in [0, 0.05) is 54.5 Å². The number of aryl methyl sites for hydroxylation is 1. The Morgan fingerprint density at radius 2 is 1.85 bits per heavy atom. The highest BCUT2D eigenvalue weighted by atomic mass is 19.3. The monoisotopic (exact) mass is 553 g/mol. The molecule has 2 aliphatic heterocycles. The molecule has 0 aliphatic carbocycles. The molecule has 10 heteroatoms. The van der Waals surface area contributed by atoms with E-state index in [1.807, 2.05) is 19.1 Å². The molecule has 2 aliphatic rings. The van der Waals surface area contributed by atoms with Gasteiger partial charge in [0.25, 0.3) is 11.8 Å². The van der Waals surface area contributed by atoms with Gasteiger partial charge in [0.05, 0.1) is 26.4 Å². The minimum absolute atomic E-state index is 0.0444. The zero-order chi connectivity index (χ0) is 28.1. The Balaban J connectivity index is 1.41.